The normalized spacial score (nSPS) is 21.4. The maximum Gasteiger partial charge on any atom is 0.166 e. The summed E-state index contributed by atoms with van der Waals surface area (Å²) in [5, 5.41) is 9.66. The summed E-state index contributed by atoms with van der Waals surface area (Å²) in [6.07, 6.45) is 6.91. The van der Waals surface area contributed by atoms with Crippen LogP contribution in [0, 0.1) is 0 Å². The van der Waals surface area contributed by atoms with Crippen molar-refractivity contribution >= 4 is 0 Å². The number of para-hydroxylation sites is 2. The van der Waals surface area contributed by atoms with Crippen LogP contribution in [-0.4, -0.2) is 23.9 Å². The predicted molar refractivity (Wildman–Crippen MR) is 75.8 cm³/mol. The summed E-state index contributed by atoms with van der Waals surface area (Å²) in [5.41, 5.74) is -0.555. The van der Waals surface area contributed by atoms with Gasteiger partial charge < -0.3 is 14.6 Å². The Hall–Kier alpha value is -1.22. The maximum absolute atomic E-state index is 9.66. The summed E-state index contributed by atoms with van der Waals surface area (Å²) in [5.74, 6) is 1.52. The van der Waals surface area contributed by atoms with E-state index in [-0.39, 0.29) is 6.61 Å². The molecule has 1 aliphatic rings. The topological polar surface area (TPSA) is 38.7 Å². The first kappa shape index (κ1) is 14.2. The van der Waals surface area contributed by atoms with Gasteiger partial charge in [0.25, 0.3) is 0 Å². The van der Waals surface area contributed by atoms with E-state index in [1.165, 1.54) is 25.7 Å². The molecule has 1 atom stereocenters. The molecule has 0 aliphatic carbocycles. The minimum atomic E-state index is -0.555. The number of fused-ring (bicyclic) bond motifs is 1. The molecular weight excluding hydrogens is 240 g/mol. The zero-order valence-corrected chi connectivity index (χ0v) is 11.7. The van der Waals surface area contributed by atoms with Crippen molar-refractivity contribution in [1.82, 2.24) is 0 Å². The first-order valence-corrected chi connectivity index (χ1v) is 7.31. The Kier molecular flexibility index (Phi) is 5.08. The van der Waals surface area contributed by atoms with E-state index in [2.05, 4.69) is 6.92 Å². The molecular formula is C16H24O3. The Morgan fingerprint density at radius 3 is 2.58 bits per heavy atom. The van der Waals surface area contributed by atoms with Gasteiger partial charge in [-0.15, -0.1) is 0 Å². The Labute approximate surface area is 115 Å². The Balaban J connectivity index is 1.90. The highest BCUT2D eigenvalue weighted by atomic mass is 16.6. The van der Waals surface area contributed by atoms with E-state index in [9.17, 15) is 5.11 Å². The zero-order valence-electron chi connectivity index (χ0n) is 11.7. The van der Waals surface area contributed by atoms with Crippen molar-refractivity contribution in [2.45, 2.75) is 51.0 Å². The average molecular weight is 264 g/mol. The predicted octanol–water partition coefficient (Wildman–Crippen LogP) is 3.55. The van der Waals surface area contributed by atoms with Gasteiger partial charge in [-0.2, -0.15) is 0 Å². The van der Waals surface area contributed by atoms with Gasteiger partial charge in [-0.25, -0.2) is 0 Å². The maximum atomic E-state index is 9.66. The van der Waals surface area contributed by atoms with Gasteiger partial charge in [-0.3, -0.25) is 0 Å². The summed E-state index contributed by atoms with van der Waals surface area (Å²) in [4.78, 5) is 0. The SMILES string of the molecule is CCCCCCC[C@@]1(CO)COc2ccccc2O1. The Bertz CT molecular complexity index is 391. The number of aliphatic hydroxyl groups excluding tert-OH is 1. The molecule has 0 saturated carbocycles. The first-order valence-electron chi connectivity index (χ1n) is 7.31. The number of ether oxygens (including phenoxy) is 2. The van der Waals surface area contributed by atoms with Crippen molar-refractivity contribution in [1.29, 1.82) is 0 Å². The highest BCUT2D eigenvalue weighted by Gasteiger charge is 2.36. The van der Waals surface area contributed by atoms with Gasteiger partial charge in [0.1, 0.15) is 6.61 Å². The van der Waals surface area contributed by atoms with Crippen LogP contribution in [-0.2, 0) is 0 Å². The van der Waals surface area contributed by atoms with Crippen molar-refractivity contribution in [2.75, 3.05) is 13.2 Å². The van der Waals surface area contributed by atoms with Crippen molar-refractivity contribution in [3.05, 3.63) is 24.3 Å². The number of aliphatic hydroxyl groups is 1. The van der Waals surface area contributed by atoms with Crippen molar-refractivity contribution in [3.8, 4) is 11.5 Å². The standard InChI is InChI=1S/C16H24O3/c1-2-3-4-5-8-11-16(12-17)13-18-14-9-6-7-10-15(14)19-16/h6-7,9-10,17H,2-5,8,11-13H2,1H3/t16-/m1/s1. The fraction of sp³-hybridized carbons (Fsp3) is 0.625. The lowest BCUT2D eigenvalue weighted by Gasteiger charge is -2.37. The Morgan fingerprint density at radius 2 is 1.84 bits per heavy atom. The van der Waals surface area contributed by atoms with Crippen LogP contribution >= 0.6 is 0 Å². The number of hydrogen-bond acceptors (Lipinski definition) is 3. The van der Waals surface area contributed by atoms with Crippen LogP contribution in [0.5, 0.6) is 11.5 Å². The number of rotatable bonds is 7. The lowest BCUT2D eigenvalue weighted by atomic mass is 9.96. The highest BCUT2D eigenvalue weighted by molar-refractivity contribution is 5.41. The quantitative estimate of drug-likeness (QED) is 0.765. The van der Waals surface area contributed by atoms with Gasteiger partial charge in [-0.1, -0.05) is 44.7 Å². The van der Waals surface area contributed by atoms with E-state index in [1.54, 1.807) is 0 Å². The van der Waals surface area contributed by atoms with Gasteiger partial charge in [-0.05, 0) is 25.0 Å². The molecule has 2 rings (SSSR count). The van der Waals surface area contributed by atoms with Crippen molar-refractivity contribution in [2.24, 2.45) is 0 Å². The molecule has 106 valence electrons. The van der Waals surface area contributed by atoms with Crippen molar-refractivity contribution in [3.63, 3.8) is 0 Å². The molecule has 1 heterocycles. The van der Waals surface area contributed by atoms with Gasteiger partial charge in [0.2, 0.25) is 0 Å². The smallest absolute Gasteiger partial charge is 0.166 e. The third-order valence-corrected chi connectivity index (χ3v) is 3.69. The number of benzene rings is 1. The lowest BCUT2D eigenvalue weighted by Crippen LogP contribution is -2.48. The summed E-state index contributed by atoms with van der Waals surface area (Å²) in [6.45, 7) is 2.66. The average Bonchev–Trinajstić information content (AvgIpc) is 2.47. The second kappa shape index (κ2) is 6.80. The van der Waals surface area contributed by atoms with Gasteiger partial charge >= 0.3 is 0 Å². The molecule has 0 radical (unpaired) electrons. The summed E-state index contributed by atoms with van der Waals surface area (Å²) < 4.78 is 11.7. The van der Waals surface area contributed by atoms with E-state index >= 15 is 0 Å². The molecule has 0 spiro atoms. The number of unbranched alkanes of at least 4 members (excludes halogenated alkanes) is 4. The molecule has 0 bridgehead atoms. The molecule has 0 fully saturated rings. The third kappa shape index (κ3) is 3.63. The van der Waals surface area contributed by atoms with Crippen LogP contribution < -0.4 is 9.47 Å². The van der Waals surface area contributed by atoms with Gasteiger partial charge in [0, 0.05) is 0 Å². The summed E-state index contributed by atoms with van der Waals surface area (Å²) >= 11 is 0. The monoisotopic (exact) mass is 264 g/mol. The first-order chi connectivity index (χ1) is 9.29. The molecule has 1 aliphatic heterocycles. The molecule has 0 saturated heterocycles. The second-order valence-corrected chi connectivity index (χ2v) is 5.34. The lowest BCUT2D eigenvalue weighted by molar-refractivity contribution is -0.0542. The van der Waals surface area contributed by atoms with E-state index in [4.69, 9.17) is 9.47 Å². The molecule has 1 aromatic rings. The Morgan fingerprint density at radius 1 is 1.11 bits per heavy atom. The van der Waals surface area contributed by atoms with E-state index in [0.29, 0.717) is 6.61 Å². The summed E-state index contributed by atoms with van der Waals surface area (Å²) in [6, 6.07) is 7.66. The minimum absolute atomic E-state index is 0.00904. The third-order valence-electron chi connectivity index (χ3n) is 3.69. The van der Waals surface area contributed by atoms with Crippen LogP contribution in [0.4, 0.5) is 0 Å². The van der Waals surface area contributed by atoms with Crippen molar-refractivity contribution < 1.29 is 14.6 Å². The fourth-order valence-electron chi connectivity index (χ4n) is 2.46. The molecule has 19 heavy (non-hydrogen) atoms. The van der Waals surface area contributed by atoms with Gasteiger partial charge in [0.05, 0.1) is 6.61 Å². The molecule has 0 aromatic heterocycles. The van der Waals surface area contributed by atoms with E-state index in [1.807, 2.05) is 24.3 Å². The highest BCUT2D eigenvalue weighted by Crippen LogP contribution is 2.36. The van der Waals surface area contributed by atoms with Crippen LogP contribution in [0.2, 0.25) is 0 Å². The number of hydrogen-bond donors (Lipinski definition) is 1. The van der Waals surface area contributed by atoms with E-state index < -0.39 is 5.60 Å². The second-order valence-electron chi connectivity index (χ2n) is 5.34. The van der Waals surface area contributed by atoms with Crippen LogP contribution in [0.1, 0.15) is 45.4 Å². The largest absolute Gasteiger partial charge is 0.485 e. The van der Waals surface area contributed by atoms with Crippen LogP contribution in [0.15, 0.2) is 24.3 Å². The minimum Gasteiger partial charge on any atom is -0.485 e. The molecule has 1 aromatic carbocycles. The molecule has 3 nitrogen and oxygen atoms in total. The molecule has 3 heteroatoms. The molecule has 0 amide bonds. The molecule has 1 N–H and O–H groups in total. The van der Waals surface area contributed by atoms with Gasteiger partial charge in [0.15, 0.2) is 17.1 Å². The van der Waals surface area contributed by atoms with Crippen LogP contribution in [0.25, 0.3) is 0 Å². The van der Waals surface area contributed by atoms with E-state index in [0.717, 1.165) is 24.3 Å². The van der Waals surface area contributed by atoms with Crippen LogP contribution in [0.3, 0.4) is 0 Å². The zero-order chi connectivity index (χ0) is 13.6. The fourth-order valence-corrected chi connectivity index (χ4v) is 2.46. The summed E-state index contributed by atoms with van der Waals surface area (Å²) in [7, 11) is 0. The molecule has 0 unspecified atom stereocenters.